The lowest BCUT2D eigenvalue weighted by molar-refractivity contribution is 0.191. The molecule has 0 unspecified atom stereocenters. The average Bonchev–Trinajstić information content (AvgIpc) is 2.77. The smallest absolute Gasteiger partial charge is 0.234 e. The molecule has 1 aromatic rings. The molecule has 1 aliphatic rings. The van der Waals surface area contributed by atoms with E-state index in [0.29, 0.717) is 18.4 Å². The van der Waals surface area contributed by atoms with E-state index < -0.39 is 9.84 Å². The summed E-state index contributed by atoms with van der Waals surface area (Å²) in [7, 11) is -3.15. The molecule has 1 saturated carbocycles. The zero-order valence-electron chi connectivity index (χ0n) is 11.4. The van der Waals surface area contributed by atoms with Crippen molar-refractivity contribution < 1.29 is 12.9 Å². The number of rotatable bonds is 4. The Morgan fingerprint density at radius 3 is 2.58 bits per heavy atom. The summed E-state index contributed by atoms with van der Waals surface area (Å²) >= 11 is 0. The molecule has 2 N–H and O–H groups in total. The number of hydrogen-bond acceptors (Lipinski definition) is 6. The SMILES string of the molecule is CC1CCC(CN)(c2nc(CS(C)(=O)=O)no2)CC1. The van der Waals surface area contributed by atoms with Gasteiger partial charge in [0.2, 0.25) is 5.89 Å². The van der Waals surface area contributed by atoms with Crippen LogP contribution in [0.5, 0.6) is 0 Å². The second-order valence-electron chi connectivity index (χ2n) is 5.75. The van der Waals surface area contributed by atoms with Gasteiger partial charge in [-0.2, -0.15) is 4.98 Å². The summed E-state index contributed by atoms with van der Waals surface area (Å²) in [4.78, 5) is 4.25. The normalized spacial score (nSPS) is 28.5. The second-order valence-corrected chi connectivity index (χ2v) is 7.89. The van der Waals surface area contributed by atoms with Crippen molar-refractivity contribution in [3.8, 4) is 0 Å². The van der Waals surface area contributed by atoms with Crippen molar-refractivity contribution in [1.82, 2.24) is 10.1 Å². The maximum Gasteiger partial charge on any atom is 0.234 e. The fourth-order valence-electron chi connectivity index (χ4n) is 2.58. The first kappa shape index (κ1) is 14.5. The van der Waals surface area contributed by atoms with Gasteiger partial charge < -0.3 is 10.3 Å². The zero-order chi connectivity index (χ0) is 14.1. The Hall–Kier alpha value is -0.950. The Kier molecular flexibility index (Phi) is 3.96. The van der Waals surface area contributed by atoms with Gasteiger partial charge in [0, 0.05) is 12.8 Å². The average molecular weight is 287 g/mol. The Morgan fingerprint density at radius 2 is 2.05 bits per heavy atom. The Labute approximate surface area is 113 Å². The van der Waals surface area contributed by atoms with Crippen LogP contribution in [-0.4, -0.2) is 31.4 Å². The van der Waals surface area contributed by atoms with Gasteiger partial charge in [-0.3, -0.25) is 0 Å². The van der Waals surface area contributed by atoms with Crippen LogP contribution in [0.2, 0.25) is 0 Å². The summed E-state index contributed by atoms with van der Waals surface area (Å²) in [5.74, 6) is 1.23. The molecule has 0 radical (unpaired) electrons. The third-order valence-corrected chi connectivity index (χ3v) is 4.72. The number of hydrogen-bond donors (Lipinski definition) is 1. The van der Waals surface area contributed by atoms with Crippen LogP contribution in [0.3, 0.4) is 0 Å². The molecule has 1 heterocycles. The van der Waals surface area contributed by atoms with Gasteiger partial charge in [-0.15, -0.1) is 0 Å². The van der Waals surface area contributed by atoms with E-state index in [1.54, 1.807) is 0 Å². The van der Waals surface area contributed by atoms with Gasteiger partial charge in [-0.05, 0) is 31.6 Å². The quantitative estimate of drug-likeness (QED) is 0.887. The Balaban J connectivity index is 2.20. The highest BCUT2D eigenvalue weighted by Gasteiger charge is 2.39. The molecule has 1 aliphatic carbocycles. The molecule has 0 amide bonds. The fraction of sp³-hybridized carbons (Fsp3) is 0.833. The highest BCUT2D eigenvalue weighted by molar-refractivity contribution is 7.89. The molecule has 6 nitrogen and oxygen atoms in total. The molecule has 0 saturated heterocycles. The molecule has 0 spiro atoms. The Bertz CT molecular complexity index is 530. The van der Waals surface area contributed by atoms with Crippen molar-refractivity contribution in [3.63, 3.8) is 0 Å². The van der Waals surface area contributed by atoms with E-state index in [4.69, 9.17) is 10.3 Å². The van der Waals surface area contributed by atoms with Crippen molar-refractivity contribution in [2.45, 2.75) is 43.8 Å². The van der Waals surface area contributed by atoms with Crippen LogP contribution in [0.4, 0.5) is 0 Å². The minimum atomic E-state index is -3.15. The van der Waals surface area contributed by atoms with Gasteiger partial charge in [0.05, 0.1) is 5.41 Å². The summed E-state index contributed by atoms with van der Waals surface area (Å²) in [6, 6.07) is 0. The summed E-state index contributed by atoms with van der Waals surface area (Å²) < 4.78 is 27.7. The van der Waals surface area contributed by atoms with Crippen molar-refractivity contribution in [2.75, 3.05) is 12.8 Å². The summed E-state index contributed by atoms with van der Waals surface area (Å²) in [5, 5.41) is 3.77. The Morgan fingerprint density at radius 1 is 1.42 bits per heavy atom. The van der Waals surface area contributed by atoms with Gasteiger partial charge >= 0.3 is 0 Å². The minimum Gasteiger partial charge on any atom is -0.339 e. The third-order valence-electron chi connectivity index (χ3n) is 3.94. The molecular weight excluding hydrogens is 266 g/mol. The summed E-state index contributed by atoms with van der Waals surface area (Å²) in [6.45, 7) is 2.68. The summed E-state index contributed by atoms with van der Waals surface area (Å²) in [6.07, 6.45) is 5.17. The standard InChI is InChI=1S/C12H21N3O3S/c1-9-3-5-12(8-13,6-4-9)11-14-10(15-18-11)7-19(2,16)17/h9H,3-8,13H2,1-2H3. The molecule has 0 aromatic carbocycles. The van der Waals surface area contributed by atoms with Gasteiger partial charge in [-0.25, -0.2) is 8.42 Å². The monoisotopic (exact) mass is 287 g/mol. The molecule has 0 bridgehead atoms. The van der Waals surface area contributed by atoms with Crippen LogP contribution in [0.1, 0.15) is 44.3 Å². The van der Waals surface area contributed by atoms with Crippen LogP contribution in [0.15, 0.2) is 4.52 Å². The fourth-order valence-corrected chi connectivity index (χ4v) is 3.17. The summed E-state index contributed by atoms with van der Waals surface area (Å²) in [5.41, 5.74) is 5.64. The van der Waals surface area contributed by atoms with E-state index in [1.807, 2.05) is 0 Å². The van der Waals surface area contributed by atoms with Gasteiger partial charge in [0.25, 0.3) is 0 Å². The maximum absolute atomic E-state index is 11.2. The molecule has 2 rings (SSSR count). The van der Waals surface area contributed by atoms with Crippen molar-refractivity contribution >= 4 is 9.84 Å². The van der Waals surface area contributed by atoms with Gasteiger partial charge in [-0.1, -0.05) is 12.1 Å². The highest BCUT2D eigenvalue weighted by atomic mass is 32.2. The van der Waals surface area contributed by atoms with Crippen LogP contribution in [-0.2, 0) is 21.0 Å². The highest BCUT2D eigenvalue weighted by Crippen LogP contribution is 2.40. The van der Waals surface area contributed by atoms with E-state index >= 15 is 0 Å². The maximum atomic E-state index is 11.2. The lowest BCUT2D eigenvalue weighted by atomic mass is 9.71. The molecule has 1 fully saturated rings. The van der Waals surface area contributed by atoms with Crippen molar-refractivity contribution in [2.24, 2.45) is 11.7 Å². The van der Waals surface area contributed by atoms with Crippen molar-refractivity contribution in [1.29, 1.82) is 0 Å². The largest absolute Gasteiger partial charge is 0.339 e. The van der Waals surface area contributed by atoms with E-state index in [2.05, 4.69) is 17.1 Å². The van der Waals surface area contributed by atoms with E-state index in [9.17, 15) is 8.42 Å². The molecule has 108 valence electrons. The van der Waals surface area contributed by atoms with E-state index in [1.165, 1.54) is 0 Å². The lowest BCUT2D eigenvalue weighted by Crippen LogP contribution is -2.39. The van der Waals surface area contributed by atoms with Gasteiger partial charge in [0.15, 0.2) is 15.7 Å². The lowest BCUT2D eigenvalue weighted by Gasteiger charge is -2.35. The van der Waals surface area contributed by atoms with E-state index in [0.717, 1.165) is 31.9 Å². The third kappa shape index (κ3) is 3.33. The van der Waals surface area contributed by atoms with Gasteiger partial charge in [0.1, 0.15) is 5.75 Å². The first-order chi connectivity index (χ1) is 8.85. The molecule has 0 aliphatic heterocycles. The molecule has 1 aromatic heterocycles. The number of aromatic nitrogens is 2. The molecule has 7 heteroatoms. The van der Waals surface area contributed by atoms with E-state index in [-0.39, 0.29) is 17.0 Å². The van der Waals surface area contributed by atoms with Crippen LogP contribution >= 0.6 is 0 Å². The number of nitrogens with zero attached hydrogens (tertiary/aromatic N) is 2. The second kappa shape index (κ2) is 5.20. The van der Waals surface area contributed by atoms with Crippen LogP contribution < -0.4 is 5.73 Å². The first-order valence-corrected chi connectivity index (χ1v) is 8.61. The van der Waals surface area contributed by atoms with Crippen molar-refractivity contribution in [3.05, 3.63) is 11.7 Å². The molecule has 0 atom stereocenters. The first-order valence-electron chi connectivity index (χ1n) is 6.55. The van der Waals surface area contributed by atoms with Crippen LogP contribution in [0.25, 0.3) is 0 Å². The number of nitrogens with two attached hydrogens (primary N) is 1. The number of sulfone groups is 1. The predicted octanol–water partition coefficient (Wildman–Crippen LogP) is 1.02. The zero-order valence-corrected chi connectivity index (χ0v) is 12.2. The molecular formula is C12H21N3O3S. The van der Waals surface area contributed by atoms with Crippen LogP contribution in [0, 0.1) is 5.92 Å². The topological polar surface area (TPSA) is 99.1 Å². The predicted molar refractivity (Wildman–Crippen MR) is 71.2 cm³/mol. The minimum absolute atomic E-state index is 0.187. The molecule has 19 heavy (non-hydrogen) atoms.